The fourth-order valence-electron chi connectivity index (χ4n) is 2.28. The molecule has 1 amide bonds. The van der Waals surface area contributed by atoms with Crippen molar-refractivity contribution in [2.24, 2.45) is 10.8 Å². The molecule has 6 N–H and O–H groups in total. The van der Waals surface area contributed by atoms with Crippen LogP contribution in [0.3, 0.4) is 0 Å². The van der Waals surface area contributed by atoms with E-state index >= 15 is 0 Å². The molecule has 0 saturated heterocycles. The molecule has 32 heavy (non-hydrogen) atoms. The molecule has 0 fully saturated rings. The first-order chi connectivity index (χ1) is 15.1. The van der Waals surface area contributed by atoms with E-state index in [4.69, 9.17) is 11.1 Å². The third kappa shape index (κ3) is 9.04. The largest absolute Gasteiger partial charge is 0.573 e. The number of alkyl halides is 3. The number of anilines is 1. The second-order valence-electron chi connectivity index (χ2n) is 5.92. The Morgan fingerprint density at radius 2 is 2.12 bits per heavy atom. The summed E-state index contributed by atoms with van der Waals surface area (Å²) in [5.74, 6) is -0.190. The van der Waals surface area contributed by atoms with E-state index < -0.39 is 17.8 Å². The molecule has 174 valence electrons. The van der Waals surface area contributed by atoms with Gasteiger partial charge in [0.15, 0.2) is 5.76 Å². The standard InChI is InChI=1S/C19H24F3N7O2S/c1-12(6-7-23)8-16-29-18(26-3)17(32-16)13(9-27-28-11-30)4-5-14(24)15(10-25-2)31-19(20,21)22/h4,6-7,9-11,24-26H,1,5,8,23H2,2-3H3,(H,28,30)/b7-6-,13-4+,15-10+,24-14?,27-9-. The van der Waals surface area contributed by atoms with Crippen LogP contribution in [0.25, 0.3) is 5.57 Å². The monoisotopic (exact) mass is 471 g/mol. The fraction of sp³-hybridized carbons (Fsp3) is 0.263. The van der Waals surface area contributed by atoms with Crippen LogP contribution in [0.2, 0.25) is 0 Å². The van der Waals surface area contributed by atoms with Gasteiger partial charge in [0.1, 0.15) is 5.82 Å². The van der Waals surface area contributed by atoms with Crippen LogP contribution in [0.4, 0.5) is 19.0 Å². The molecule has 9 nitrogen and oxygen atoms in total. The molecular weight excluding hydrogens is 447 g/mol. The van der Waals surface area contributed by atoms with E-state index in [-0.39, 0.29) is 6.42 Å². The van der Waals surface area contributed by atoms with Crippen LogP contribution in [0, 0.1) is 5.41 Å². The van der Waals surface area contributed by atoms with Crippen molar-refractivity contribution in [3.05, 3.63) is 52.3 Å². The Morgan fingerprint density at radius 3 is 2.69 bits per heavy atom. The molecule has 0 aromatic carbocycles. The van der Waals surface area contributed by atoms with Crippen molar-refractivity contribution in [2.75, 3.05) is 19.4 Å². The quantitative estimate of drug-likeness (QED) is 0.0986. The second kappa shape index (κ2) is 12.9. The Hall–Kier alpha value is -3.61. The Morgan fingerprint density at radius 1 is 1.41 bits per heavy atom. The zero-order valence-electron chi connectivity index (χ0n) is 17.4. The number of allylic oxidation sites excluding steroid dienone is 5. The van der Waals surface area contributed by atoms with Crippen molar-refractivity contribution in [3.8, 4) is 0 Å². The number of nitrogens with zero attached hydrogens (tertiary/aromatic N) is 2. The number of carbonyl (C=O) groups excluding carboxylic acids is 1. The number of rotatable bonds is 13. The van der Waals surface area contributed by atoms with Gasteiger partial charge in [-0.2, -0.15) is 5.10 Å². The average Bonchev–Trinajstić information content (AvgIpc) is 3.11. The maximum Gasteiger partial charge on any atom is 0.573 e. The Kier molecular flexibility index (Phi) is 10.7. The number of aromatic nitrogens is 1. The molecule has 1 aromatic heterocycles. The van der Waals surface area contributed by atoms with E-state index in [1.807, 2.05) is 0 Å². The minimum Gasteiger partial charge on any atom is -0.405 e. The van der Waals surface area contributed by atoms with E-state index in [1.165, 1.54) is 36.9 Å². The number of halogens is 3. The van der Waals surface area contributed by atoms with E-state index in [9.17, 15) is 18.0 Å². The first-order valence-electron chi connectivity index (χ1n) is 9.02. The number of hydrazone groups is 1. The van der Waals surface area contributed by atoms with Gasteiger partial charge in [-0.1, -0.05) is 12.7 Å². The van der Waals surface area contributed by atoms with Crippen molar-refractivity contribution in [1.29, 1.82) is 5.41 Å². The highest BCUT2D eigenvalue weighted by molar-refractivity contribution is 7.13. The normalized spacial score (nSPS) is 12.8. The topological polar surface area (TPSA) is 138 Å². The van der Waals surface area contributed by atoms with Gasteiger partial charge in [-0.15, -0.1) is 24.5 Å². The summed E-state index contributed by atoms with van der Waals surface area (Å²) in [4.78, 5) is 15.6. The molecule has 0 aliphatic heterocycles. The van der Waals surface area contributed by atoms with Gasteiger partial charge in [-0.3, -0.25) is 4.79 Å². The van der Waals surface area contributed by atoms with E-state index in [0.717, 1.165) is 11.8 Å². The summed E-state index contributed by atoms with van der Waals surface area (Å²) in [6.45, 7) is 3.88. The van der Waals surface area contributed by atoms with Gasteiger partial charge in [0.2, 0.25) is 6.41 Å². The number of thiazole rings is 1. The summed E-state index contributed by atoms with van der Waals surface area (Å²) in [5, 5.41) is 17.8. The van der Waals surface area contributed by atoms with Crippen molar-refractivity contribution in [2.45, 2.75) is 19.2 Å². The number of ether oxygens (including phenoxy) is 1. The summed E-state index contributed by atoms with van der Waals surface area (Å²) in [7, 11) is 3.04. The number of nitrogens with two attached hydrogens (primary N) is 1. The number of amides is 1. The predicted molar refractivity (Wildman–Crippen MR) is 120 cm³/mol. The van der Waals surface area contributed by atoms with Crippen LogP contribution in [-0.4, -0.2) is 43.8 Å². The lowest BCUT2D eigenvalue weighted by Gasteiger charge is -2.13. The minimum absolute atomic E-state index is 0.217. The average molecular weight is 472 g/mol. The highest BCUT2D eigenvalue weighted by Gasteiger charge is 2.33. The fourth-order valence-corrected chi connectivity index (χ4v) is 3.41. The molecule has 1 heterocycles. The molecule has 0 aliphatic carbocycles. The molecule has 0 unspecified atom stereocenters. The van der Waals surface area contributed by atoms with Gasteiger partial charge < -0.3 is 26.5 Å². The zero-order valence-corrected chi connectivity index (χ0v) is 18.2. The molecule has 13 heteroatoms. The van der Waals surface area contributed by atoms with Crippen molar-refractivity contribution in [3.63, 3.8) is 0 Å². The van der Waals surface area contributed by atoms with Crippen molar-refractivity contribution >= 4 is 41.1 Å². The Bertz CT molecular complexity index is 934. The summed E-state index contributed by atoms with van der Waals surface area (Å²) < 4.78 is 41.8. The summed E-state index contributed by atoms with van der Waals surface area (Å²) in [6, 6.07) is 0. The lowest BCUT2D eigenvalue weighted by molar-refractivity contribution is -0.302. The zero-order chi connectivity index (χ0) is 24.1. The number of hydrogen-bond acceptors (Lipinski definition) is 9. The van der Waals surface area contributed by atoms with Gasteiger partial charge in [0.05, 0.1) is 21.8 Å². The minimum atomic E-state index is -4.94. The van der Waals surface area contributed by atoms with Crippen LogP contribution in [0.15, 0.2) is 47.6 Å². The molecule has 0 aliphatic rings. The molecule has 0 spiro atoms. The maximum absolute atomic E-state index is 12.6. The van der Waals surface area contributed by atoms with Gasteiger partial charge in [0.25, 0.3) is 0 Å². The maximum atomic E-state index is 12.6. The number of carbonyl (C=O) groups is 1. The van der Waals surface area contributed by atoms with E-state index in [1.54, 1.807) is 13.1 Å². The third-order valence-electron chi connectivity index (χ3n) is 3.54. The highest BCUT2D eigenvalue weighted by atomic mass is 32.1. The first kappa shape index (κ1) is 26.4. The second-order valence-corrected chi connectivity index (χ2v) is 7.01. The lowest BCUT2D eigenvalue weighted by Crippen LogP contribution is -2.19. The molecule has 1 aromatic rings. The van der Waals surface area contributed by atoms with Gasteiger partial charge in [-0.25, -0.2) is 10.4 Å². The van der Waals surface area contributed by atoms with Gasteiger partial charge >= 0.3 is 6.36 Å². The summed E-state index contributed by atoms with van der Waals surface area (Å²) in [6.07, 6.45) is 2.36. The molecular formula is C19H24F3N7O2S. The van der Waals surface area contributed by atoms with E-state index in [2.05, 4.69) is 37.5 Å². The molecule has 1 rings (SSSR count). The van der Waals surface area contributed by atoms with Gasteiger partial charge in [-0.05, 0) is 17.8 Å². The molecule has 0 saturated carbocycles. The highest BCUT2D eigenvalue weighted by Crippen LogP contribution is 2.31. The van der Waals surface area contributed by atoms with Crippen molar-refractivity contribution < 1.29 is 22.7 Å². The number of nitrogens with one attached hydrogen (secondary N) is 4. The van der Waals surface area contributed by atoms with Gasteiger partial charge in [0, 0.05) is 38.7 Å². The van der Waals surface area contributed by atoms with E-state index in [0.29, 0.717) is 34.1 Å². The Labute approximate surface area is 187 Å². The van der Waals surface area contributed by atoms with Crippen molar-refractivity contribution in [1.82, 2.24) is 15.7 Å². The lowest BCUT2D eigenvalue weighted by atomic mass is 10.1. The summed E-state index contributed by atoms with van der Waals surface area (Å²) >= 11 is 1.29. The molecule has 0 radical (unpaired) electrons. The smallest absolute Gasteiger partial charge is 0.405 e. The van der Waals surface area contributed by atoms with Crippen LogP contribution in [0.1, 0.15) is 16.3 Å². The SMILES string of the molecule is C=C(/C=C\N)Cc1nc(NC)c(C(/C=N\NC=O)=C/CC(=N)/C(=C\NC)OC(F)(F)F)s1. The van der Waals surface area contributed by atoms with Crippen LogP contribution >= 0.6 is 11.3 Å². The molecule has 0 bridgehead atoms. The van der Waals surface area contributed by atoms with Crippen LogP contribution in [-0.2, 0) is 16.0 Å². The van der Waals surface area contributed by atoms with Crippen LogP contribution in [0.5, 0.6) is 0 Å². The third-order valence-corrected chi connectivity index (χ3v) is 4.64. The predicted octanol–water partition coefficient (Wildman–Crippen LogP) is 2.88. The molecule has 0 atom stereocenters. The Balaban J connectivity index is 3.27. The summed E-state index contributed by atoms with van der Waals surface area (Å²) in [5.41, 5.74) is 8.22. The first-order valence-corrected chi connectivity index (χ1v) is 9.84. The van der Waals surface area contributed by atoms with Crippen LogP contribution < -0.4 is 21.8 Å². The number of hydrogen-bond donors (Lipinski definition) is 5.